The molecule has 2 aromatic carbocycles. The summed E-state index contributed by atoms with van der Waals surface area (Å²) in [7, 11) is 1.75. The van der Waals surface area contributed by atoms with Crippen molar-refractivity contribution in [2.24, 2.45) is 0 Å². The van der Waals surface area contributed by atoms with Crippen LogP contribution in [0.15, 0.2) is 42.5 Å². The van der Waals surface area contributed by atoms with Crippen LogP contribution in [0.5, 0.6) is 0 Å². The number of rotatable bonds is 5. The van der Waals surface area contributed by atoms with Gasteiger partial charge in [0.05, 0.1) is 10.0 Å². The summed E-state index contributed by atoms with van der Waals surface area (Å²) in [5, 5.41) is 0.968. The zero-order chi connectivity index (χ0) is 18.7. The molecule has 1 saturated heterocycles. The second-order valence-corrected chi connectivity index (χ2v) is 7.34. The van der Waals surface area contributed by atoms with E-state index in [1.807, 2.05) is 29.2 Å². The van der Waals surface area contributed by atoms with Gasteiger partial charge in [-0.1, -0.05) is 41.4 Å². The Morgan fingerprint density at radius 1 is 1.12 bits per heavy atom. The van der Waals surface area contributed by atoms with E-state index in [1.165, 1.54) is 0 Å². The van der Waals surface area contributed by atoms with Crippen LogP contribution in [-0.4, -0.2) is 35.2 Å². The van der Waals surface area contributed by atoms with Gasteiger partial charge in [-0.15, -0.1) is 0 Å². The first-order valence-electron chi connectivity index (χ1n) is 8.50. The standard InChI is InChI=1S/C20H20Cl2N2O2/c1-23(12-15-7-8-17(21)18(22)11-15)20(26)16-5-2-4-14(10-16)13-24-9-3-6-19(24)25/h2,4-5,7-8,10-11H,3,6,9,12-13H2,1H3. The van der Waals surface area contributed by atoms with E-state index in [0.29, 0.717) is 35.1 Å². The van der Waals surface area contributed by atoms with E-state index >= 15 is 0 Å². The highest BCUT2D eigenvalue weighted by Crippen LogP contribution is 2.23. The highest BCUT2D eigenvalue weighted by Gasteiger charge is 2.20. The number of hydrogen-bond donors (Lipinski definition) is 0. The Hall–Kier alpha value is -2.04. The van der Waals surface area contributed by atoms with Crippen molar-refractivity contribution in [3.8, 4) is 0 Å². The summed E-state index contributed by atoms with van der Waals surface area (Å²) in [4.78, 5) is 28.0. The van der Waals surface area contributed by atoms with Gasteiger partial charge >= 0.3 is 0 Å². The summed E-state index contributed by atoms with van der Waals surface area (Å²) in [6.07, 6.45) is 1.52. The lowest BCUT2D eigenvalue weighted by molar-refractivity contribution is -0.128. The van der Waals surface area contributed by atoms with E-state index < -0.39 is 0 Å². The summed E-state index contributed by atoms with van der Waals surface area (Å²) in [5.74, 6) is 0.101. The first-order chi connectivity index (χ1) is 12.4. The molecule has 1 aliphatic heterocycles. The molecule has 0 atom stereocenters. The third-order valence-electron chi connectivity index (χ3n) is 4.47. The number of amides is 2. The molecule has 136 valence electrons. The molecule has 26 heavy (non-hydrogen) atoms. The fraction of sp³-hybridized carbons (Fsp3) is 0.300. The molecule has 1 aliphatic rings. The molecule has 0 spiro atoms. The lowest BCUT2D eigenvalue weighted by Crippen LogP contribution is -2.27. The van der Waals surface area contributed by atoms with Gasteiger partial charge in [0.25, 0.3) is 5.91 Å². The lowest BCUT2D eigenvalue weighted by atomic mass is 10.1. The molecular weight excluding hydrogens is 371 g/mol. The minimum absolute atomic E-state index is 0.0781. The van der Waals surface area contributed by atoms with Crippen LogP contribution in [0.25, 0.3) is 0 Å². The summed E-state index contributed by atoms with van der Waals surface area (Å²) >= 11 is 12.0. The van der Waals surface area contributed by atoms with Crippen molar-refractivity contribution in [1.29, 1.82) is 0 Å². The molecule has 6 heteroatoms. The highest BCUT2D eigenvalue weighted by molar-refractivity contribution is 6.42. The third kappa shape index (κ3) is 4.37. The maximum Gasteiger partial charge on any atom is 0.253 e. The van der Waals surface area contributed by atoms with Crippen molar-refractivity contribution in [3.63, 3.8) is 0 Å². The average molecular weight is 391 g/mol. The van der Waals surface area contributed by atoms with Crippen LogP contribution in [0.2, 0.25) is 10.0 Å². The molecule has 0 aliphatic carbocycles. The van der Waals surface area contributed by atoms with Gasteiger partial charge in [-0.2, -0.15) is 0 Å². The Balaban J connectivity index is 1.69. The van der Waals surface area contributed by atoms with E-state index in [4.69, 9.17) is 23.2 Å². The molecule has 2 aromatic rings. The molecule has 3 rings (SSSR count). The summed E-state index contributed by atoms with van der Waals surface area (Å²) < 4.78 is 0. The molecule has 4 nitrogen and oxygen atoms in total. The monoisotopic (exact) mass is 390 g/mol. The van der Waals surface area contributed by atoms with E-state index in [9.17, 15) is 9.59 Å². The first-order valence-corrected chi connectivity index (χ1v) is 9.26. The minimum Gasteiger partial charge on any atom is -0.338 e. The summed E-state index contributed by atoms with van der Waals surface area (Å²) in [6, 6.07) is 12.8. The second kappa shape index (κ2) is 8.11. The van der Waals surface area contributed by atoms with Gasteiger partial charge in [0.1, 0.15) is 0 Å². The molecular formula is C20H20Cl2N2O2. The van der Waals surface area contributed by atoms with Gasteiger partial charge in [0.15, 0.2) is 0 Å². The van der Waals surface area contributed by atoms with Gasteiger partial charge < -0.3 is 9.80 Å². The predicted molar refractivity (Wildman–Crippen MR) is 103 cm³/mol. The lowest BCUT2D eigenvalue weighted by Gasteiger charge is -2.19. The molecule has 1 heterocycles. The Morgan fingerprint density at radius 3 is 2.62 bits per heavy atom. The second-order valence-electron chi connectivity index (χ2n) is 6.53. The smallest absolute Gasteiger partial charge is 0.253 e. The number of benzene rings is 2. The molecule has 0 unspecified atom stereocenters. The van der Waals surface area contributed by atoms with Gasteiger partial charge in [-0.25, -0.2) is 0 Å². The molecule has 0 bridgehead atoms. The predicted octanol–water partition coefficient (Wildman–Crippen LogP) is 4.39. The van der Waals surface area contributed by atoms with Crippen molar-refractivity contribution in [1.82, 2.24) is 9.80 Å². The quantitative estimate of drug-likeness (QED) is 0.759. The molecule has 0 N–H and O–H groups in total. The number of hydrogen-bond acceptors (Lipinski definition) is 2. The van der Waals surface area contributed by atoms with Crippen molar-refractivity contribution >= 4 is 35.0 Å². The largest absolute Gasteiger partial charge is 0.338 e. The number of likely N-dealkylation sites (tertiary alicyclic amines) is 1. The van der Waals surface area contributed by atoms with Crippen molar-refractivity contribution < 1.29 is 9.59 Å². The Morgan fingerprint density at radius 2 is 1.92 bits per heavy atom. The van der Waals surface area contributed by atoms with Crippen LogP contribution >= 0.6 is 23.2 Å². The topological polar surface area (TPSA) is 40.6 Å². The fourth-order valence-electron chi connectivity index (χ4n) is 3.10. The zero-order valence-electron chi connectivity index (χ0n) is 14.5. The van der Waals surface area contributed by atoms with Crippen LogP contribution < -0.4 is 0 Å². The average Bonchev–Trinajstić information content (AvgIpc) is 3.02. The van der Waals surface area contributed by atoms with Crippen LogP contribution in [0.4, 0.5) is 0 Å². The van der Waals surface area contributed by atoms with E-state index in [-0.39, 0.29) is 11.8 Å². The number of nitrogens with zero attached hydrogens (tertiary/aromatic N) is 2. The van der Waals surface area contributed by atoms with Crippen molar-refractivity contribution in [2.45, 2.75) is 25.9 Å². The van der Waals surface area contributed by atoms with Crippen molar-refractivity contribution in [3.05, 3.63) is 69.2 Å². The highest BCUT2D eigenvalue weighted by atomic mass is 35.5. The normalized spacial score (nSPS) is 14.0. The van der Waals surface area contributed by atoms with Gasteiger partial charge in [-0.05, 0) is 41.8 Å². The van der Waals surface area contributed by atoms with Crippen LogP contribution in [-0.2, 0) is 17.9 Å². The summed E-state index contributed by atoms with van der Waals surface area (Å²) in [5.41, 5.74) is 2.49. The molecule has 0 saturated carbocycles. The minimum atomic E-state index is -0.0781. The fourth-order valence-corrected chi connectivity index (χ4v) is 3.42. The Kier molecular flexibility index (Phi) is 5.84. The number of carbonyl (C=O) groups is 2. The van der Waals surface area contributed by atoms with Gasteiger partial charge in [0.2, 0.25) is 5.91 Å². The van der Waals surface area contributed by atoms with Crippen molar-refractivity contribution in [2.75, 3.05) is 13.6 Å². The molecule has 0 radical (unpaired) electrons. The first kappa shape index (κ1) is 18.7. The third-order valence-corrected chi connectivity index (χ3v) is 5.21. The molecule has 2 amide bonds. The number of halogens is 2. The van der Waals surface area contributed by atoms with Gasteiger partial charge in [0, 0.05) is 38.7 Å². The zero-order valence-corrected chi connectivity index (χ0v) is 16.1. The van der Waals surface area contributed by atoms with E-state index in [2.05, 4.69) is 0 Å². The number of carbonyl (C=O) groups excluding carboxylic acids is 2. The van der Waals surface area contributed by atoms with Crippen LogP contribution in [0.3, 0.4) is 0 Å². The van der Waals surface area contributed by atoms with Crippen LogP contribution in [0, 0.1) is 0 Å². The maximum absolute atomic E-state index is 12.7. The SMILES string of the molecule is CN(Cc1ccc(Cl)c(Cl)c1)C(=O)c1cccc(CN2CCCC2=O)c1. The van der Waals surface area contributed by atoms with Gasteiger partial charge in [-0.3, -0.25) is 9.59 Å². The maximum atomic E-state index is 12.7. The Bertz CT molecular complexity index is 838. The molecule has 1 fully saturated rings. The molecule has 0 aromatic heterocycles. The van der Waals surface area contributed by atoms with E-state index in [1.54, 1.807) is 30.1 Å². The van der Waals surface area contributed by atoms with Crippen LogP contribution in [0.1, 0.15) is 34.3 Å². The Labute approximate surface area is 163 Å². The van der Waals surface area contributed by atoms with E-state index in [0.717, 1.165) is 24.1 Å². The summed E-state index contributed by atoms with van der Waals surface area (Å²) in [6.45, 7) is 1.77.